The molecule has 0 aliphatic rings. The molecule has 100 valence electrons. The van der Waals surface area contributed by atoms with Gasteiger partial charge in [0.25, 0.3) is 0 Å². The summed E-state index contributed by atoms with van der Waals surface area (Å²) in [5, 5.41) is 13.4. The monoisotopic (exact) mass is 255 g/mol. The van der Waals surface area contributed by atoms with Crippen LogP contribution in [0.3, 0.4) is 0 Å². The molecule has 0 aromatic heterocycles. The average molecular weight is 255 g/mol. The van der Waals surface area contributed by atoms with Crippen LogP contribution in [-0.4, -0.2) is 11.7 Å². The van der Waals surface area contributed by atoms with Gasteiger partial charge in [0, 0.05) is 12.2 Å². The van der Waals surface area contributed by atoms with Crippen LogP contribution in [0, 0.1) is 0 Å². The molecule has 0 aliphatic carbocycles. The molecule has 0 heterocycles. The van der Waals surface area contributed by atoms with Gasteiger partial charge in [0.15, 0.2) is 0 Å². The molecule has 0 fully saturated rings. The Morgan fingerprint density at radius 1 is 1.00 bits per heavy atom. The van der Waals surface area contributed by atoms with E-state index in [0.29, 0.717) is 6.42 Å². The van der Waals surface area contributed by atoms with Gasteiger partial charge in [0.1, 0.15) is 0 Å². The first-order valence-corrected chi connectivity index (χ1v) is 6.85. The summed E-state index contributed by atoms with van der Waals surface area (Å²) in [7, 11) is 0. The molecular weight excluding hydrogens is 234 g/mol. The molecule has 2 rings (SSSR count). The summed E-state index contributed by atoms with van der Waals surface area (Å²) in [5.74, 6) is 0. The van der Waals surface area contributed by atoms with Crippen LogP contribution in [-0.2, 0) is 6.42 Å². The Labute approximate surface area is 115 Å². The van der Waals surface area contributed by atoms with Gasteiger partial charge in [-0.2, -0.15) is 0 Å². The lowest BCUT2D eigenvalue weighted by molar-refractivity contribution is 0.171. The van der Waals surface area contributed by atoms with Crippen LogP contribution >= 0.6 is 0 Å². The minimum absolute atomic E-state index is 0.401. The largest absolute Gasteiger partial charge is 0.388 e. The summed E-state index contributed by atoms with van der Waals surface area (Å²) in [4.78, 5) is 0. The highest BCUT2D eigenvalue weighted by atomic mass is 16.3. The van der Waals surface area contributed by atoms with Crippen molar-refractivity contribution in [1.82, 2.24) is 0 Å². The molecule has 0 radical (unpaired) electrons. The molecule has 0 saturated heterocycles. The molecular formula is C17H21NO. The van der Waals surface area contributed by atoms with Gasteiger partial charge in [-0.05, 0) is 36.1 Å². The van der Waals surface area contributed by atoms with Gasteiger partial charge in [-0.1, -0.05) is 49.4 Å². The predicted molar refractivity (Wildman–Crippen MR) is 80.3 cm³/mol. The Balaban J connectivity index is 1.82. The molecule has 2 N–H and O–H groups in total. The SMILES string of the molecule is CCc1ccc(C(O)CCNc2ccccc2)cc1. The number of rotatable bonds is 6. The minimum Gasteiger partial charge on any atom is -0.388 e. The van der Waals surface area contributed by atoms with Crippen molar-refractivity contribution in [1.29, 1.82) is 0 Å². The van der Waals surface area contributed by atoms with Gasteiger partial charge in [0.05, 0.1) is 6.10 Å². The van der Waals surface area contributed by atoms with Crippen LogP contribution in [0.15, 0.2) is 54.6 Å². The number of aliphatic hydroxyl groups is 1. The smallest absolute Gasteiger partial charge is 0.0806 e. The Hall–Kier alpha value is -1.80. The molecule has 0 saturated carbocycles. The molecule has 0 spiro atoms. The summed E-state index contributed by atoms with van der Waals surface area (Å²) < 4.78 is 0. The highest BCUT2D eigenvalue weighted by Crippen LogP contribution is 2.17. The summed E-state index contributed by atoms with van der Waals surface area (Å²) in [5.41, 5.74) is 3.39. The fourth-order valence-electron chi connectivity index (χ4n) is 2.05. The third-order valence-electron chi connectivity index (χ3n) is 3.29. The summed E-state index contributed by atoms with van der Waals surface area (Å²) >= 11 is 0. The fourth-order valence-corrected chi connectivity index (χ4v) is 2.05. The van der Waals surface area contributed by atoms with Crippen molar-refractivity contribution in [2.75, 3.05) is 11.9 Å². The van der Waals surface area contributed by atoms with Crippen molar-refractivity contribution in [2.45, 2.75) is 25.9 Å². The first-order valence-electron chi connectivity index (χ1n) is 6.85. The second-order valence-corrected chi connectivity index (χ2v) is 4.69. The van der Waals surface area contributed by atoms with E-state index in [1.54, 1.807) is 0 Å². The molecule has 1 unspecified atom stereocenters. The number of para-hydroxylation sites is 1. The van der Waals surface area contributed by atoms with E-state index in [1.165, 1.54) is 5.56 Å². The Morgan fingerprint density at radius 2 is 1.68 bits per heavy atom. The van der Waals surface area contributed by atoms with Gasteiger partial charge < -0.3 is 10.4 Å². The van der Waals surface area contributed by atoms with Gasteiger partial charge >= 0.3 is 0 Å². The van der Waals surface area contributed by atoms with Crippen LogP contribution in [0.1, 0.15) is 30.6 Å². The quantitative estimate of drug-likeness (QED) is 0.823. The standard InChI is InChI=1S/C17H21NO/c1-2-14-8-10-15(11-9-14)17(19)12-13-18-16-6-4-3-5-7-16/h3-11,17-19H,2,12-13H2,1H3. The topological polar surface area (TPSA) is 32.3 Å². The van der Waals surface area contributed by atoms with Crippen LogP contribution in [0.4, 0.5) is 5.69 Å². The summed E-state index contributed by atoms with van der Waals surface area (Å²) in [6.45, 7) is 2.90. The van der Waals surface area contributed by atoms with Gasteiger partial charge in [-0.3, -0.25) is 0 Å². The molecule has 0 bridgehead atoms. The maximum atomic E-state index is 10.1. The van der Waals surface area contributed by atoms with E-state index in [9.17, 15) is 5.11 Å². The van der Waals surface area contributed by atoms with Crippen molar-refractivity contribution in [3.05, 3.63) is 65.7 Å². The normalized spacial score (nSPS) is 12.1. The highest BCUT2D eigenvalue weighted by molar-refractivity contribution is 5.42. The van der Waals surface area contributed by atoms with E-state index in [2.05, 4.69) is 24.4 Å². The molecule has 0 aliphatic heterocycles. The molecule has 19 heavy (non-hydrogen) atoms. The first-order chi connectivity index (χ1) is 9.29. The summed E-state index contributed by atoms with van der Waals surface area (Å²) in [6.07, 6.45) is 1.34. The molecule has 1 atom stereocenters. The lowest BCUT2D eigenvalue weighted by atomic mass is 10.0. The predicted octanol–water partition coefficient (Wildman–Crippen LogP) is 3.78. The molecule has 2 nitrogen and oxygen atoms in total. The first kappa shape index (κ1) is 13.6. The number of benzene rings is 2. The van der Waals surface area contributed by atoms with Gasteiger partial charge in [0.2, 0.25) is 0 Å². The lowest BCUT2D eigenvalue weighted by Gasteiger charge is -2.12. The highest BCUT2D eigenvalue weighted by Gasteiger charge is 2.06. The van der Waals surface area contributed by atoms with Crippen molar-refractivity contribution in [3.8, 4) is 0 Å². The van der Waals surface area contributed by atoms with E-state index in [4.69, 9.17) is 0 Å². The second kappa shape index (κ2) is 6.95. The lowest BCUT2D eigenvalue weighted by Crippen LogP contribution is -2.07. The van der Waals surface area contributed by atoms with Crippen LogP contribution in [0.5, 0.6) is 0 Å². The van der Waals surface area contributed by atoms with Crippen molar-refractivity contribution in [3.63, 3.8) is 0 Å². The molecule has 2 aromatic carbocycles. The van der Waals surface area contributed by atoms with E-state index in [1.807, 2.05) is 42.5 Å². The number of hydrogen-bond donors (Lipinski definition) is 2. The van der Waals surface area contributed by atoms with Crippen LogP contribution in [0.2, 0.25) is 0 Å². The van der Waals surface area contributed by atoms with E-state index in [0.717, 1.165) is 24.2 Å². The zero-order valence-corrected chi connectivity index (χ0v) is 11.3. The Bertz CT molecular complexity index is 478. The Morgan fingerprint density at radius 3 is 2.32 bits per heavy atom. The third-order valence-corrected chi connectivity index (χ3v) is 3.29. The number of aliphatic hydroxyl groups excluding tert-OH is 1. The average Bonchev–Trinajstić information content (AvgIpc) is 2.48. The van der Waals surface area contributed by atoms with Crippen molar-refractivity contribution < 1.29 is 5.11 Å². The van der Waals surface area contributed by atoms with E-state index < -0.39 is 6.10 Å². The number of anilines is 1. The Kier molecular flexibility index (Phi) is 4.99. The maximum absolute atomic E-state index is 10.1. The van der Waals surface area contributed by atoms with E-state index in [-0.39, 0.29) is 0 Å². The number of hydrogen-bond acceptors (Lipinski definition) is 2. The van der Waals surface area contributed by atoms with Crippen LogP contribution in [0.25, 0.3) is 0 Å². The van der Waals surface area contributed by atoms with E-state index >= 15 is 0 Å². The maximum Gasteiger partial charge on any atom is 0.0806 e. The molecule has 0 amide bonds. The zero-order chi connectivity index (χ0) is 13.5. The summed E-state index contributed by atoms with van der Waals surface area (Å²) in [6, 6.07) is 18.3. The number of aryl methyl sites for hydroxylation is 1. The number of nitrogens with one attached hydrogen (secondary N) is 1. The van der Waals surface area contributed by atoms with Gasteiger partial charge in [-0.15, -0.1) is 0 Å². The third kappa shape index (κ3) is 4.11. The van der Waals surface area contributed by atoms with Crippen molar-refractivity contribution in [2.24, 2.45) is 0 Å². The zero-order valence-electron chi connectivity index (χ0n) is 11.3. The molecule has 2 aromatic rings. The van der Waals surface area contributed by atoms with Crippen molar-refractivity contribution >= 4 is 5.69 Å². The van der Waals surface area contributed by atoms with Crippen LogP contribution < -0.4 is 5.32 Å². The molecule has 2 heteroatoms. The second-order valence-electron chi connectivity index (χ2n) is 4.69. The minimum atomic E-state index is -0.401. The fraction of sp³-hybridized carbons (Fsp3) is 0.294. The van der Waals surface area contributed by atoms with Gasteiger partial charge in [-0.25, -0.2) is 0 Å².